The monoisotopic (exact) mass is 446 g/mol. The van der Waals surface area contributed by atoms with Gasteiger partial charge in [-0.2, -0.15) is 4.99 Å². The Balaban J connectivity index is 1.84. The van der Waals surface area contributed by atoms with Crippen LogP contribution in [0.1, 0.15) is 12.5 Å². The number of thioether (sulfide) groups is 1. The number of anilines is 1. The summed E-state index contributed by atoms with van der Waals surface area (Å²) in [5.41, 5.74) is 5.86. The molecule has 1 atom stereocenters. The number of carbonyl (C=O) groups is 2. The Hall–Kier alpha value is -2.52. The van der Waals surface area contributed by atoms with Gasteiger partial charge in [0.25, 0.3) is 0 Å². The first-order chi connectivity index (χ1) is 13.0. The lowest BCUT2D eigenvalue weighted by atomic mass is 9.98. The number of Topliss-reactive ketones (excluding diaryl/α,β-unsaturated/α-hetero) is 1. The lowest BCUT2D eigenvalue weighted by Gasteiger charge is -2.43. The number of amidine groups is 1. The molecule has 4 rings (SSSR count). The van der Waals surface area contributed by atoms with Crippen LogP contribution in [0, 0.1) is 0 Å². The van der Waals surface area contributed by atoms with E-state index < -0.39 is 17.7 Å². The summed E-state index contributed by atoms with van der Waals surface area (Å²) in [6.07, 6.45) is 2.40. The number of fused-ring (bicyclic) bond motifs is 3. The average Bonchev–Trinajstić information content (AvgIpc) is 2.65. The highest BCUT2D eigenvalue weighted by Gasteiger charge is 2.38. The molecule has 2 aliphatic heterocycles. The van der Waals surface area contributed by atoms with Gasteiger partial charge in [-0.1, -0.05) is 36.9 Å². The summed E-state index contributed by atoms with van der Waals surface area (Å²) in [7, 11) is 0. The summed E-state index contributed by atoms with van der Waals surface area (Å²) < 4.78 is 0.203. The molecule has 3 N–H and O–H groups in total. The number of aliphatic imine (C=N–C) groups is 1. The zero-order chi connectivity index (χ0) is 19.1. The van der Waals surface area contributed by atoms with Crippen LogP contribution in [0.4, 0.5) is 5.69 Å². The van der Waals surface area contributed by atoms with E-state index in [4.69, 9.17) is 0 Å². The van der Waals surface area contributed by atoms with Crippen LogP contribution in [0.25, 0.3) is 5.70 Å². The Bertz CT molecular complexity index is 983. The Morgan fingerprint density at radius 3 is 2.81 bits per heavy atom. The van der Waals surface area contributed by atoms with Crippen LogP contribution >= 0.6 is 27.7 Å². The van der Waals surface area contributed by atoms with Gasteiger partial charge in [0.05, 0.1) is 4.48 Å². The number of ketones is 2. The molecule has 9 heteroatoms. The summed E-state index contributed by atoms with van der Waals surface area (Å²) in [4.78, 5) is 28.1. The van der Waals surface area contributed by atoms with Gasteiger partial charge in [-0.3, -0.25) is 20.0 Å². The molecule has 27 heavy (non-hydrogen) atoms. The van der Waals surface area contributed by atoms with E-state index in [-0.39, 0.29) is 10.4 Å². The van der Waals surface area contributed by atoms with Crippen LogP contribution in [0.2, 0.25) is 0 Å². The molecule has 3 aliphatic rings. The molecule has 0 bridgehead atoms. The van der Waals surface area contributed by atoms with Crippen LogP contribution in [-0.4, -0.2) is 38.8 Å². The fraction of sp³-hybridized carbons (Fsp3) is 0.167. The van der Waals surface area contributed by atoms with E-state index in [0.29, 0.717) is 16.4 Å². The van der Waals surface area contributed by atoms with Crippen molar-refractivity contribution in [1.82, 2.24) is 10.4 Å². The van der Waals surface area contributed by atoms with E-state index in [1.165, 1.54) is 17.8 Å². The van der Waals surface area contributed by atoms with E-state index in [0.717, 1.165) is 17.0 Å². The number of aliphatic hydroxyl groups excluding tert-OH is 1. The number of benzene rings is 1. The predicted octanol–water partition coefficient (Wildman–Crippen LogP) is 2.91. The van der Waals surface area contributed by atoms with Crippen molar-refractivity contribution in [3.8, 4) is 0 Å². The van der Waals surface area contributed by atoms with Crippen molar-refractivity contribution < 1.29 is 14.7 Å². The number of rotatable bonds is 2. The molecule has 1 aromatic rings. The zero-order valence-corrected chi connectivity index (χ0v) is 16.6. The number of aliphatic hydroxyl groups is 1. The molecule has 7 nitrogen and oxygen atoms in total. The largest absolute Gasteiger partial charge is 0.492 e. The van der Waals surface area contributed by atoms with E-state index in [2.05, 4.69) is 31.7 Å². The Morgan fingerprint density at radius 2 is 2.07 bits per heavy atom. The molecule has 138 valence electrons. The Kier molecular flexibility index (Phi) is 4.56. The third-order valence-corrected chi connectivity index (χ3v) is 5.57. The van der Waals surface area contributed by atoms with Crippen LogP contribution in [0.5, 0.6) is 0 Å². The molecule has 0 fully saturated rings. The number of halogens is 1. The fourth-order valence-electron chi connectivity index (χ4n) is 3.09. The Morgan fingerprint density at radius 1 is 1.30 bits per heavy atom. The van der Waals surface area contributed by atoms with Crippen molar-refractivity contribution in [3.05, 3.63) is 57.9 Å². The highest BCUT2D eigenvalue weighted by Crippen LogP contribution is 2.39. The lowest BCUT2D eigenvalue weighted by molar-refractivity contribution is -0.131. The van der Waals surface area contributed by atoms with Gasteiger partial charge >= 0.3 is 0 Å². The van der Waals surface area contributed by atoms with Gasteiger partial charge in [0, 0.05) is 16.8 Å². The minimum absolute atomic E-state index is 0.106. The number of allylic oxidation sites excluding steroid dienone is 2. The second-order valence-electron chi connectivity index (χ2n) is 5.93. The molecule has 0 unspecified atom stereocenters. The third-order valence-electron chi connectivity index (χ3n) is 4.24. The van der Waals surface area contributed by atoms with Gasteiger partial charge in [0.1, 0.15) is 11.9 Å². The van der Waals surface area contributed by atoms with Crippen molar-refractivity contribution in [2.24, 2.45) is 4.99 Å². The van der Waals surface area contributed by atoms with Crippen LogP contribution in [0.15, 0.2) is 57.3 Å². The van der Waals surface area contributed by atoms with Crippen molar-refractivity contribution in [2.45, 2.75) is 13.1 Å². The van der Waals surface area contributed by atoms with Gasteiger partial charge in [-0.05, 0) is 39.9 Å². The second kappa shape index (κ2) is 6.90. The molecule has 0 saturated carbocycles. The predicted molar refractivity (Wildman–Crippen MR) is 109 cm³/mol. The van der Waals surface area contributed by atoms with Crippen molar-refractivity contribution in [3.63, 3.8) is 0 Å². The summed E-state index contributed by atoms with van der Waals surface area (Å²) in [5.74, 6) is -0.504. The SMILES string of the molecule is CCSC1=NC(O)=C2c3ccccc3N[C@H](C3=CC(=O)C(=O)C(Br)=C3)N2N1. The number of hydrazine groups is 1. The molecule has 0 spiro atoms. The fourth-order valence-corrected chi connectivity index (χ4v) is 4.14. The summed E-state index contributed by atoms with van der Waals surface area (Å²) in [6, 6.07) is 7.51. The topological polar surface area (TPSA) is 94.0 Å². The maximum atomic E-state index is 12.0. The minimum atomic E-state index is -0.594. The van der Waals surface area contributed by atoms with Crippen LogP contribution in [-0.2, 0) is 9.59 Å². The minimum Gasteiger partial charge on any atom is -0.492 e. The smallest absolute Gasteiger partial charge is 0.240 e. The van der Waals surface area contributed by atoms with Gasteiger partial charge in [-0.25, -0.2) is 0 Å². The number of hydrogen-bond donors (Lipinski definition) is 3. The van der Waals surface area contributed by atoms with Crippen molar-refractivity contribution in [2.75, 3.05) is 11.1 Å². The van der Waals surface area contributed by atoms with Crippen LogP contribution in [0.3, 0.4) is 0 Å². The van der Waals surface area contributed by atoms with Crippen molar-refractivity contribution >= 4 is 55.8 Å². The summed E-state index contributed by atoms with van der Waals surface area (Å²) >= 11 is 4.62. The Labute approximate surface area is 168 Å². The second-order valence-corrected chi connectivity index (χ2v) is 8.03. The molecule has 0 amide bonds. The van der Waals surface area contributed by atoms with Crippen LogP contribution < -0.4 is 10.7 Å². The number of hydrogen-bond acceptors (Lipinski definition) is 8. The summed E-state index contributed by atoms with van der Waals surface area (Å²) in [6.45, 7) is 1.99. The van der Waals surface area contributed by atoms with E-state index in [9.17, 15) is 14.7 Å². The maximum absolute atomic E-state index is 12.0. The molecule has 0 aromatic heterocycles. The van der Waals surface area contributed by atoms with E-state index >= 15 is 0 Å². The first-order valence-corrected chi connectivity index (χ1v) is 10.0. The molecule has 0 saturated heterocycles. The van der Waals surface area contributed by atoms with E-state index in [1.807, 2.05) is 31.2 Å². The standard InChI is InChI=1S/C18H15BrN4O3S/c1-2-27-18-21-17(26)14-10-5-3-4-6-12(10)20-16(23(14)22-18)9-7-11(19)15(25)13(24)8-9/h3-8,16,20,26H,2H2,1H3,(H,21,22)/t16-/m0/s1. The summed E-state index contributed by atoms with van der Waals surface area (Å²) in [5, 5.41) is 16.3. The molecule has 1 aliphatic carbocycles. The average molecular weight is 447 g/mol. The van der Waals surface area contributed by atoms with Gasteiger partial charge in [0.15, 0.2) is 5.17 Å². The quantitative estimate of drug-likeness (QED) is 0.474. The third kappa shape index (κ3) is 3.06. The number of nitrogens with one attached hydrogen (secondary N) is 2. The maximum Gasteiger partial charge on any atom is 0.240 e. The molecular formula is C18H15BrN4O3S. The molecule has 0 radical (unpaired) electrons. The van der Waals surface area contributed by atoms with Gasteiger partial charge < -0.3 is 10.4 Å². The van der Waals surface area contributed by atoms with Crippen molar-refractivity contribution in [1.29, 1.82) is 0 Å². The number of carbonyl (C=O) groups excluding carboxylic acids is 2. The molecule has 1 aromatic carbocycles. The first kappa shape index (κ1) is 17.9. The highest BCUT2D eigenvalue weighted by atomic mass is 79.9. The van der Waals surface area contributed by atoms with Gasteiger partial charge in [-0.15, -0.1) is 0 Å². The van der Waals surface area contributed by atoms with E-state index in [1.54, 1.807) is 11.1 Å². The number of para-hydroxylation sites is 1. The normalized spacial score (nSPS) is 21.5. The van der Waals surface area contributed by atoms with Gasteiger partial charge in [0.2, 0.25) is 17.4 Å². The highest BCUT2D eigenvalue weighted by molar-refractivity contribution is 9.12. The number of nitrogens with zero attached hydrogens (tertiary/aromatic N) is 2. The molecule has 2 heterocycles. The first-order valence-electron chi connectivity index (χ1n) is 8.23. The zero-order valence-electron chi connectivity index (χ0n) is 14.2. The molecular weight excluding hydrogens is 432 g/mol. The lowest BCUT2D eigenvalue weighted by Crippen LogP contribution is -2.55.